The Morgan fingerprint density at radius 2 is 1.82 bits per heavy atom. The molecule has 0 aromatic heterocycles. The Balaban J connectivity index is 1.30. The number of para-hydroxylation sites is 2. The lowest BCUT2D eigenvalue weighted by atomic mass is 10.1. The largest absolute Gasteiger partial charge is 0.490 e. The van der Waals surface area contributed by atoms with Crippen molar-refractivity contribution in [3.63, 3.8) is 0 Å². The van der Waals surface area contributed by atoms with E-state index in [1.807, 2.05) is 24.3 Å². The smallest absolute Gasteiger partial charge is 0.255 e. The van der Waals surface area contributed by atoms with Gasteiger partial charge in [0.2, 0.25) is 0 Å². The number of hydrogen-bond acceptors (Lipinski definition) is 4. The van der Waals surface area contributed by atoms with Crippen LogP contribution in [0.1, 0.15) is 42.5 Å². The van der Waals surface area contributed by atoms with Crippen LogP contribution in [0.5, 0.6) is 5.75 Å². The molecule has 0 unspecified atom stereocenters. The molecule has 3 N–H and O–H groups in total. The summed E-state index contributed by atoms with van der Waals surface area (Å²) in [6.07, 6.45) is 6.43. The van der Waals surface area contributed by atoms with E-state index in [0.717, 1.165) is 31.1 Å². The predicted octanol–water partition coefficient (Wildman–Crippen LogP) is 4.16. The summed E-state index contributed by atoms with van der Waals surface area (Å²) >= 11 is 0. The van der Waals surface area contributed by atoms with E-state index in [1.54, 1.807) is 24.3 Å². The number of likely N-dealkylation sites (tertiary alicyclic amines) is 1. The van der Waals surface area contributed by atoms with E-state index >= 15 is 0 Å². The minimum atomic E-state index is -0.172. The number of rotatable bonds is 6. The number of nitrogens with two attached hydrogens (primary N) is 1. The van der Waals surface area contributed by atoms with Crippen LogP contribution in [0, 0.1) is 5.92 Å². The average Bonchev–Trinajstić information content (AvgIpc) is 3.53. The van der Waals surface area contributed by atoms with Gasteiger partial charge in [0.05, 0.1) is 17.5 Å². The van der Waals surface area contributed by atoms with Crippen LogP contribution in [0.2, 0.25) is 0 Å². The van der Waals surface area contributed by atoms with E-state index in [0.29, 0.717) is 16.9 Å². The zero-order valence-electron chi connectivity index (χ0n) is 16.3. The standard InChI is InChI=1S/C23H29N3O2/c24-21-5-1-2-6-22(21)25-23(27)18-9-11-20(12-10-18)28-19-4-3-14-26(15-13-19)16-17-7-8-17/h1-2,5-6,9-12,17,19H,3-4,7-8,13-16,24H2,(H,25,27)/t19-/m0/s1. The predicted molar refractivity (Wildman–Crippen MR) is 113 cm³/mol. The SMILES string of the molecule is Nc1ccccc1NC(=O)c1ccc(O[C@H]2CCCN(CC3CC3)CC2)cc1. The first-order chi connectivity index (χ1) is 13.7. The van der Waals surface area contributed by atoms with Crippen LogP contribution in [-0.2, 0) is 0 Å². The Hall–Kier alpha value is -2.53. The lowest BCUT2D eigenvalue weighted by Crippen LogP contribution is -2.28. The summed E-state index contributed by atoms with van der Waals surface area (Å²) in [7, 11) is 0. The number of nitrogen functional groups attached to an aromatic ring is 1. The highest BCUT2D eigenvalue weighted by atomic mass is 16.5. The van der Waals surface area contributed by atoms with Crippen molar-refractivity contribution in [3.05, 3.63) is 54.1 Å². The fourth-order valence-corrected chi connectivity index (χ4v) is 3.77. The van der Waals surface area contributed by atoms with Crippen molar-refractivity contribution in [1.82, 2.24) is 4.90 Å². The van der Waals surface area contributed by atoms with Crippen molar-refractivity contribution in [3.8, 4) is 5.75 Å². The normalized spacial score (nSPS) is 20.4. The Kier molecular flexibility index (Phi) is 5.81. The third-order valence-electron chi connectivity index (χ3n) is 5.61. The first-order valence-corrected chi connectivity index (χ1v) is 10.3. The van der Waals surface area contributed by atoms with Gasteiger partial charge in [0.15, 0.2) is 0 Å². The summed E-state index contributed by atoms with van der Waals surface area (Å²) in [5.74, 6) is 1.61. The number of carbonyl (C=O) groups is 1. The minimum Gasteiger partial charge on any atom is -0.490 e. The number of ether oxygens (including phenoxy) is 1. The summed E-state index contributed by atoms with van der Waals surface area (Å²) in [5.41, 5.74) is 7.66. The Morgan fingerprint density at radius 1 is 1.04 bits per heavy atom. The van der Waals surface area contributed by atoms with Crippen LogP contribution in [0.3, 0.4) is 0 Å². The number of carbonyl (C=O) groups excluding carboxylic acids is 1. The van der Waals surface area contributed by atoms with Gasteiger partial charge in [-0.3, -0.25) is 4.79 Å². The molecule has 0 bridgehead atoms. The maximum Gasteiger partial charge on any atom is 0.255 e. The van der Waals surface area contributed by atoms with E-state index in [4.69, 9.17) is 10.5 Å². The van der Waals surface area contributed by atoms with Gasteiger partial charge in [-0.15, -0.1) is 0 Å². The zero-order chi connectivity index (χ0) is 19.3. The van der Waals surface area contributed by atoms with Crippen molar-refractivity contribution in [2.75, 3.05) is 30.7 Å². The van der Waals surface area contributed by atoms with Gasteiger partial charge in [-0.1, -0.05) is 12.1 Å². The molecule has 1 saturated heterocycles. The van der Waals surface area contributed by atoms with Gasteiger partial charge in [-0.05, 0) is 81.0 Å². The fraction of sp³-hybridized carbons (Fsp3) is 0.435. The van der Waals surface area contributed by atoms with Gasteiger partial charge in [-0.25, -0.2) is 0 Å². The molecule has 0 spiro atoms. The lowest BCUT2D eigenvalue weighted by molar-refractivity contribution is 0.102. The second kappa shape index (κ2) is 8.65. The van der Waals surface area contributed by atoms with E-state index in [2.05, 4.69) is 10.2 Å². The molecule has 2 fully saturated rings. The molecule has 1 saturated carbocycles. The summed E-state index contributed by atoms with van der Waals surface area (Å²) in [6.45, 7) is 3.58. The second-order valence-corrected chi connectivity index (χ2v) is 7.98. The quantitative estimate of drug-likeness (QED) is 0.740. The summed E-state index contributed by atoms with van der Waals surface area (Å²) in [6, 6.07) is 14.6. The molecule has 5 heteroatoms. The third kappa shape index (κ3) is 5.04. The number of hydrogen-bond donors (Lipinski definition) is 2. The number of amides is 1. The third-order valence-corrected chi connectivity index (χ3v) is 5.61. The van der Waals surface area contributed by atoms with Crippen molar-refractivity contribution in [2.45, 2.75) is 38.2 Å². The maximum atomic E-state index is 12.4. The molecule has 148 valence electrons. The molecular weight excluding hydrogens is 350 g/mol. The molecule has 1 heterocycles. The fourth-order valence-electron chi connectivity index (χ4n) is 3.77. The van der Waals surface area contributed by atoms with Crippen LogP contribution in [-0.4, -0.2) is 36.5 Å². The van der Waals surface area contributed by atoms with E-state index in [1.165, 1.54) is 32.4 Å². The molecule has 28 heavy (non-hydrogen) atoms. The highest BCUT2D eigenvalue weighted by molar-refractivity contribution is 6.05. The molecule has 2 aromatic carbocycles. The van der Waals surface area contributed by atoms with Gasteiger partial charge < -0.3 is 20.7 Å². The van der Waals surface area contributed by atoms with Crippen LogP contribution in [0.25, 0.3) is 0 Å². The molecule has 2 aliphatic rings. The van der Waals surface area contributed by atoms with Crippen molar-refractivity contribution >= 4 is 17.3 Å². The number of nitrogens with zero attached hydrogens (tertiary/aromatic N) is 1. The Labute approximate surface area is 166 Å². The molecule has 1 aliphatic carbocycles. The van der Waals surface area contributed by atoms with Gasteiger partial charge >= 0.3 is 0 Å². The molecule has 1 amide bonds. The highest BCUT2D eigenvalue weighted by Gasteiger charge is 2.26. The first kappa shape index (κ1) is 18.8. The van der Waals surface area contributed by atoms with E-state index in [9.17, 15) is 4.79 Å². The summed E-state index contributed by atoms with van der Waals surface area (Å²) in [4.78, 5) is 15.0. The van der Waals surface area contributed by atoms with Crippen molar-refractivity contribution in [1.29, 1.82) is 0 Å². The van der Waals surface area contributed by atoms with E-state index < -0.39 is 0 Å². The van der Waals surface area contributed by atoms with Crippen LogP contribution < -0.4 is 15.8 Å². The molecule has 1 aliphatic heterocycles. The minimum absolute atomic E-state index is 0.172. The van der Waals surface area contributed by atoms with Gasteiger partial charge in [-0.2, -0.15) is 0 Å². The highest BCUT2D eigenvalue weighted by Crippen LogP contribution is 2.30. The van der Waals surface area contributed by atoms with Gasteiger partial charge in [0.25, 0.3) is 5.91 Å². The number of anilines is 2. The van der Waals surface area contributed by atoms with Crippen LogP contribution in [0.4, 0.5) is 11.4 Å². The molecular formula is C23H29N3O2. The molecule has 2 aromatic rings. The maximum absolute atomic E-state index is 12.4. The Morgan fingerprint density at radius 3 is 2.57 bits per heavy atom. The molecule has 5 nitrogen and oxygen atoms in total. The van der Waals surface area contributed by atoms with Crippen LogP contribution >= 0.6 is 0 Å². The summed E-state index contributed by atoms with van der Waals surface area (Å²) in [5, 5.41) is 2.85. The number of benzene rings is 2. The second-order valence-electron chi connectivity index (χ2n) is 7.98. The van der Waals surface area contributed by atoms with Crippen molar-refractivity contribution in [2.24, 2.45) is 5.92 Å². The summed E-state index contributed by atoms with van der Waals surface area (Å²) < 4.78 is 6.20. The topological polar surface area (TPSA) is 67.6 Å². The van der Waals surface area contributed by atoms with Crippen molar-refractivity contribution < 1.29 is 9.53 Å². The van der Waals surface area contributed by atoms with E-state index in [-0.39, 0.29) is 12.0 Å². The van der Waals surface area contributed by atoms with Crippen LogP contribution in [0.15, 0.2) is 48.5 Å². The zero-order valence-corrected chi connectivity index (χ0v) is 16.3. The monoisotopic (exact) mass is 379 g/mol. The molecule has 0 radical (unpaired) electrons. The van der Waals surface area contributed by atoms with Gasteiger partial charge in [0, 0.05) is 18.7 Å². The first-order valence-electron chi connectivity index (χ1n) is 10.3. The van der Waals surface area contributed by atoms with Gasteiger partial charge in [0.1, 0.15) is 5.75 Å². The average molecular weight is 380 g/mol. The number of nitrogens with one attached hydrogen (secondary N) is 1. The molecule has 4 rings (SSSR count). The molecule has 1 atom stereocenters. The Bertz CT molecular complexity index is 802. The lowest BCUT2D eigenvalue weighted by Gasteiger charge is -2.20.